The van der Waals surface area contributed by atoms with Crippen LogP contribution in [0, 0.1) is 0 Å². The molecule has 0 saturated heterocycles. The molecule has 1 aliphatic heterocycles. The van der Waals surface area contributed by atoms with Crippen molar-refractivity contribution in [2.75, 3.05) is 6.54 Å². The van der Waals surface area contributed by atoms with E-state index in [9.17, 15) is 0 Å². The van der Waals surface area contributed by atoms with Crippen LogP contribution in [0.4, 0.5) is 0 Å². The third-order valence-electron chi connectivity index (χ3n) is 1.35. The third-order valence-corrected chi connectivity index (χ3v) is 13.8. The van der Waals surface area contributed by atoms with E-state index in [0.717, 1.165) is 6.42 Å². The number of nitrogens with one attached hydrogen (secondary N) is 1. The molecule has 3 nitrogen and oxygen atoms in total. The number of hydrogen-bond acceptors (Lipinski definition) is 3. The Bertz CT molecular complexity index is 238. The van der Waals surface area contributed by atoms with Gasteiger partial charge >= 0.3 is 99.7 Å². The standard InChI is InChI=1S/C3H9Cl4N3P3/c1-2-3-10-12(4)8-11-9-13(10,5,6)7/h11H,2-3H2,1H3,(H,8,9)/q+1. The zero-order valence-corrected chi connectivity index (χ0v) is 12.5. The van der Waals surface area contributed by atoms with Gasteiger partial charge in [-0.2, -0.15) is 0 Å². The average Bonchev–Trinajstić information content (AvgIpc) is 1.96. The summed E-state index contributed by atoms with van der Waals surface area (Å²) >= 11 is 24.4. The van der Waals surface area contributed by atoms with Gasteiger partial charge in [0.05, 0.1) is 0 Å². The molecule has 13 heavy (non-hydrogen) atoms. The Balaban J connectivity index is 2.94. The van der Waals surface area contributed by atoms with E-state index >= 15 is 0 Å². The molecule has 78 valence electrons. The Hall–Kier alpha value is 2.04. The predicted molar refractivity (Wildman–Crippen MR) is 68.1 cm³/mol. The van der Waals surface area contributed by atoms with Crippen LogP contribution in [0.2, 0.25) is 0 Å². The molecule has 0 spiro atoms. The molecular formula is C3H9Cl4N3P3+. The van der Waals surface area contributed by atoms with Crippen molar-refractivity contribution in [2.45, 2.75) is 13.3 Å². The number of halogens is 4. The molecular weight excluding hydrogens is 313 g/mol. The summed E-state index contributed by atoms with van der Waals surface area (Å²) in [5.41, 5.74) is 0. The summed E-state index contributed by atoms with van der Waals surface area (Å²) < 4.78 is 5.81. The van der Waals surface area contributed by atoms with Crippen LogP contribution in [0.15, 0.2) is 4.52 Å². The van der Waals surface area contributed by atoms with Crippen LogP contribution in [-0.2, 0) is 0 Å². The topological polar surface area (TPSA) is 27.6 Å². The minimum atomic E-state index is -3.46. The quantitative estimate of drug-likeness (QED) is 0.690. The fourth-order valence-electron chi connectivity index (χ4n) is 0.819. The zero-order chi connectivity index (χ0) is 10.1. The van der Waals surface area contributed by atoms with Gasteiger partial charge in [0.25, 0.3) is 0 Å². The second kappa shape index (κ2) is 4.50. The Labute approximate surface area is 99.4 Å². The molecule has 0 aliphatic carbocycles. The summed E-state index contributed by atoms with van der Waals surface area (Å²) in [7, 11) is -1.07. The molecule has 0 saturated carbocycles. The van der Waals surface area contributed by atoms with Gasteiger partial charge in [-0.3, -0.25) is 0 Å². The number of rotatable bonds is 2. The fraction of sp³-hybridized carbons (Fsp3) is 1.00. The second-order valence-corrected chi connectivity index (χ2v) is 16.0. The second-order valence-electron chi connectivity index (χ2n) is 2.43. The number of hydrogen-bond donors (Lipinski definition) is 1. The Morgan fingerprint density at radius 1 is 1.54 bits per heavy atom. The first-order valence-corrected chi connectivity index (χ1v) is 11.5. The Morgan fingerprint density at radius 3 is 2.62 bits per heavy atom. The van der Waals surface area contributed by atoms with Gasteiger partial charge in [-0.1, -0.05) is 0 Å². The van der Waals surface area contributed by atoms with Gasteiger partial charge in [0, 0.05) is 0 Å². The van der Waals surface area contributed by atoms with Gasteiger partial charge in [-0.05, 0) is 0 Å². The molecule has 1 N–H and O–H groups in total. The molecule has 0 aromatic carbocycles. The van der Waals surface area contributed by atoms with Crippen LogP contribution >= 0.6 is 66.0 Å². The van der Waals surface area contributed by atoms with E-state index in [4.69, 9.17) is 45.0 Å². The maximum absolute atomic E-state index is 6.12. The molecule has 0 aromatic heterocycles. The van der Waals surface area contributed by atoms with Crippen molar-refractivity contribution in [2.24, 2.45) is 4.52 Å². The van der Waals surface area contributed by atoms with Crippen molar-refractivity contribution in [1.82, 2.24) is 9.30 Å². The molecule has 1 rings (SSSR count). The summed E-state index contributed by atoms with van der Waals surface area (Å²) in [5, 5.41) is 0. The molecule has 1 heterocycles. The van der Waals surface area contributed by atoms with E-state index in [0.29, 0.717) is 6.54 Å². The molecule has 0 aromatic rings. The summed E-state index contributed by atoms with van der Waals surface area (Å²) in [6.07, 6.45) is 0.885. The summed E-state index contributed by atoms with van der Waals surface area (Å²) in [4.78, 5) is -0.610. The summed E-state index contributed by atoms with van der Waals surface area (Å²) in [5.74, 6) is 0. The van der Waals surface area contributed by atoms with Crippen molar-refractivity contribution in [1.29, 1.82) is 0 Å². The van der Waals surface area contributed by atoms with Crippen molar-refractivity contribution in [3.8, 4) is 0 Å². The van der Waals surface area contributed by atoms with Crippen LogP contribution in [0.1, 0.15) is 13.3 Å². The first-order valence-electron chi connectivity index (χ1n) is 3.50. The van der Waals surface area contributed by atoms with Gasteiger partial charge in [-0.25, -0.2) is 0 Å². The van der Waals surface area contributed by atoms with Gasteiger partial charge in [0.1, 0.15) is 0 Å². The Kier molecular flexibility index (Phi) is 4.53. The molecule has 1 aliphatic rings. The van der Waals surface area contributed by atoms with Crippen LogP contribution in [-0.4, -0.2) is 11.0 Å². The van der Waals surface area contributed by atoms with Crippen LogP contribution < -0.4 is 4.86 Å². The molecule has 10 heteroatoms. The van der Waals surface area contributed by atoms with E-state index < -0.39 is 12.2 Å². The van der Waals surface area contributed by atoms with Crippen molar-refractivity contribution < 1.29 is 0 Å². The molecule has 0 radical (unpaired) electrons. The predicted octanol–water partition coefficient (Wildman–Crippen LogP) is 5.39. The summed E-state index contributed by atoms with van der Waals surface area (Å²) in [6, 6.07) is 0. The van der Waals surface area contributed by atoms with Crippen LogP contribution in [0.3, 0.4) is 0 Å². The monoisotopic (exact) mass is 320 g/mol. The minimum absolute atomic E-state index is 0.0873. The Morgan fingerprint density at radius 2 is 2.15 bits per heavy atom. The first-order chi connectivity index (χ1) is 5.85. The van der Waals surface area contributed by atoms with Gasteiger partial charge < -0.3 is 0 Å². The van der Waals surface area contributed by atoms with E-state index in [1.807, 2.05) is 6.92 Å². The van der Waals surface area contributed by atoms with E-state index in [1.165, 1.54) is 0 Å². The average molecular weight is 322 g/mol. The molecule has 2 unspecified atom stereocenters. The summed E-state index contributed by atoms with van der Waals surface area (Å²) in [6.45, 7) is 2.67. The van der Waals surface area contributed by atoms with Gasteiger partial charge in [0.2, 0.25) is 0 Å². The van der Waals surface area contributed by atoms with E-state index in [1.54, 1.807) is 4.44 Å². The molecule has 0 bridgehead atoms. The van der Waals surface area contributed by atoms with Crippen molar-refractivity contribution >= 4 is 66.0 Å². The zero-order valence-electron chi connectivity index (χ0n) is 6.71. The van der Waals surface area contributed by atoms with E-state index in [2.05, 4.69) is 9.37 Å². The fourth-order valence-corrected chi connectivity index (χ4v) is 12.0. The molecule has 0 amide bonds. The van der Waals surface area contributed by atoms with Crippen molar-refractivity contribution in [3.63, 3.8) is 0 Å². The van der Waals surface area contributed by atoms with Gasteiger partial charge in [-0.15, -0.1) is 0 Å². The SMILES string of the molecule is CCCN1[P+](Cl)=NPNP1(Cl)(Cl)Cl. The van der Waals surface area contributed by atoms with E-state index in [-0.39, 0.29) is 8.88 Å². The molecule has 2 atom stereocenters. The third kappa shape index (κ3) is 3.25. The first kappa shape index (κ1) is 13.1. The molecule has 0 fully saturated rings. The van der Waals surface area contributed by atoms with Gasteiger partial charge in [0.15, 0.2) is 0 Å². The van der Waals surface area contributed by atoms with Crippen LogP contribution in [0.5, 0.6) is 0 Å². The van der Waals surface area contributed by atoms with Crippen molar-refractivity contribution in [3.05, 3.63) is 0 Å². The number of nitrogens with zero attached hydrogens (tertiary/aromatic N) is 2. The van der Waals surface area contributed by atoms with Crippen LogP contribution in [0.25, 0.3) is 0 Å². The normalized spacial score (nSPS) is 34.8. The maximum atomic E-state index is 6.12.